The van der Waals surface area contributed by atoms with Gasteiger partial charge < -0.3 is 10.1 Å². The fourth-order valence-electron chi connectivity index (χ4n) is 2.94. The van der Waals surface area contributed by atoms with Gasteiger partial charge in [-0.15, -0.1) is 0 Å². The highest BCUT2D eigenvalue weighted by molar-refractivity contribution is 5.95. The van der Waals surface area contributed by atoms with Crippen LogP contribution in [0.15, 0.2) is 42.5 Å². The van der Waals surface area contributed by atoms with Crippen molar-refractivity contribution < 1.29 is 9.53 Å². The molecule has 3 rings (SSSR count). The molecule has 0 bridgehead atoms. The first-order chi connectivity index (χ1) is 10.2. The highest BCUT2D eigenvalue weighted by Crippen LogP contribution is 2.26. The predicted octanol–water partition coefficient (Wildman–Crippen LogP) is 3.36. The fourth-order valence-corrected chi connectivity index (χ4v) is 2.94. The van der Waals surface area contributed by atoms with Gasteiger partial charge in [-0.05, 0) is 43.0 Å². The van der Waals surface area contributed by atoms with Gasteiger partial charge in [-0.2, -0.15) is 0 Å². The van der Waals surface area contributed by atoms with Crippen LogP contribution in [0.2, 0.25) is 0 Å². The monoisotopic (exact) mass is 281 g/mol. The summed E-state index contributed by atoms with van der Waals surface area (Å²) in [4.78, 5) is 11.9. The van der Waals surface area contributed by atoms with Gasteiger partial charge >= 0.3 is 5.97 Å². The van der Waals surface area contributed by atoms with Gasteiger partial charge in [0, 0.05) is 11.7 Å². The SMILES string of the molecule is COC(=O)c1cc(C)ccc1NC1Cc2ccccc2C1. The number of hydrogen-bond donors (Lipinski definition) is 1. The molecule has 0 amide bonds. The van der Waals surface area contributed by atoms with Gasteiger partial charge in [-0.25, -0.2) is 4.79 Å². The smallest absolute Gasteiger partial charge is 0.339 e. The number of benzene rings is 2. The Hall–Kier alpha value is -2.29. The molecule has 0 spiro atoms. The number of carbonyl (C=O) groups is 1. The summed E-state index contributed by atoms with van der Waals surface area (Å²) in [5.41, 5.74) is 5.29. The second kappa shape index (κ2) is 5.60. The number of hydrogen-bond acceptors (Lipinski definition) is 3. The molecule has 0 fully saturated rings. The lowest BCUT2D eigenvalue weighted by Gasteiger charge is -2.16. The Kier molecular flexibility index (Phi) is 3.65. The highest BCUT2D eigenvalue weighted by Gasteiger charge is 2.22. The molecule has 2 aromatic rings. The number of ether oxygens (including phenoxy) is 1. The summed E-state index contributed by atoms with van der Waals surface area (Å²) in [5, 5.41) is 3.50. The fraction of sp³-hybridized carbons (Fsp3) is 0.278. The molecule has 1 aliphatic carbocycles. The maximum absolute atomic E-state index is 11.9. The van der Waals surface area contributed by atoms with Crippen molar-refractivity contribution >= 4 is 11.7 Å². The van der Waals surface area contributed by atoms with Crippen LogP contribution in [0.1, 0.15) is 27.0 Å². The minimum absolute atomic E-state index is 0.295. The third-order valence-corrected chi connectivity index (χ3v) is 3.99. The van der Waals surface area contributed by atoms with Crippen molar-refractivity contribution in [3.05, 3.63) is 64.7 Å². The molecule has 3 heteroatoms. The Labute approximate surface area is 124 Å². The minimum Gasteiger partial charge on any atom is -0.465 e. The first kappa shape index (κ1) is 13.7. The largest absolute Gasteiger partial charge is 0.465 e. The van der Waals surface area contributed by atoms with Crippen molar-refractivity contribution in [1.82, 2.24) is 0 Å². The molecule has 0 saturated heterocycles. The van der Waals surface area contributed by atoms with Gasteiger partial charge in [0.1, 0.15) is 0 Å². The zero-order valence-corrected chi connectivity index (χ0v) is 12.3. The predicted molar refractivity (Wildman–Crippen MR) is 83.8 cm³/mol. The number of esters is 1. The van der Waals surface area contributed by atoms with E-state index in [4.69, 9.17) is 4.74 Å². The zero-order valence-electron chi connectivity index (χ0n) is 12.3. The van der Waals surface area contributed by atoms with Crippen LogP contribution in [0.5, 0.6) is 0 Å². The van der Waals surface area contributed by atoms with E-state index in [9.17, 15) is 4.79 Å². The van der Waals surface area contributed by atoms with Crippen LogP contribution >= 0.6 is 0 Å². The third kappa shape index (κ3) is 2.77. The van der Waals surface area contributed by atoms with Crippen molar-refractivity contribution in [3.8, 4) is 0 Å². The maximum atomic E-state index is 11.9. The van der Waals surface area contributed by atoms with Gasteiger partial charge in [0.2, 0.25) is 0 Å². The lowest BCUT2D eigenvalue weighted by molar-refractivity contribution is 0.0601. The lowest BCUT2D eigenvalue weighted by Crippen LogP contribution is -2.21. The molecule has 3 nitrogen and oxygen atoms in total. The molecule has 0 atom stereocenters. The van der Waals surface area contributed by atoms with E-state index in [0.29, 0.717) is 11.6 Å². The van der Waals surface area contributed by atoms with E-state index in [0.717, 1.165) is 24.1 Å². The maximum Gasteiger partial charge on any atom is 0.339 e. The second-order valence-electron chi connectivity index (χ2n) is 5.56. The number of methoxy groups -OCH3 is 1. The molecular formula is C18H19NO2. The van der Waals surface area contributed by atoms with E-state index < -0.39 is 0 Å². The number of anilines is 1. The van der Waals surface area contributed by atoms with Crippen molar-refractivity contribution in [2.75, 3.05) is 12.4 Å². The summed E-state index contributed by atoms with van der Waals surface area (Å²) in [6.07, 6.45) is 1.98. The van der Waals surface area contributed by atoms with E-state index in [-0.39, 0.29) is 5.97 Å². The van der Waals surface area contributed by atoms with Crippen molar-refractivity contribution in [2.24, 2.45) is 0 Å². The van der Waals surface area contributed by atoms with E-state index in [1.807, 2.05) is 25.1 Å². The Morgan fingerprint density at radius 2 is 1.81 bits per heavy atom. The molecule has 0 radical (unpaired) electrons. The molecule has 1 N–H and O–H groups in total. The van der Waals surface area contributed by atoms with Gasteiger partial charge in [0.05, 0.1) is 12.7 Å². The molecule has 1 aliphatic rings. The molecule has 0 aromatic heterocycles. The van der Waals surface area contributed by atoms with E-state index in [1.54, 1.807) is 0 Å². The summed E-state index contributed by atoms with van der Waals surface area (Å²) in [5.74, 6) is -0.295. The van der Waals surface area contributed by atoms with E-state index in [2.05, 4.69) is 29.6 Å². The molecule has 2 aromatic carbocycles. The van der Waals surface area contributed by atoms with Crippen LogP contribution in [-0.4, -0.2) is 19.1 Å². The molecule has 0 saturated carbocycles. The van der Waals surface area contributed by atoms with Crippen molar-refractivity contribution in [3.63, 3.8) is 0 Å². The van der Waals surface area contributed by atoms with Gasteiger partial charge in [-0.1, -0.05) is 35.9 Å². The summed E-state index contributed by atoms with van der Waals surface area (Å²) < 4.78 is 4.88. The minimum atomic E-state index is -0.295. The van der Waals surface area contributed by atoms with Crippen LogP contribution in [0.25, 0.3) is 0 Å². The first-order valence-corrected chi connectivity index (χ1v) is 7.19. The third-order valence-electron chi connectivity index (χ3n) is 3.99. The summed E-state index contributed by atoms with van der Waals surface area (Å²) >= 11 is 0. The van der Waals surface area contributed by atoms with E-state index in [1.165, 1.54) is 18.2 Å². The number of rotatable bonds is 3. The highest BCUT2D eigenvalue weighted by atomic mass is 16.5. The second-order valence-corrected chi connectivity index (χ2v) is 5.56. The first-order valence-electron chi connectivity index (χ1n) is 7.19. The molecule has 0 heterocycles. The Bertz CT molecular complexity index is 654. The van der Waals surface area contributed by atoms with Gasteiger partial charge in [0.15, 0.2) is 0 Å². The van der Waals surface area contributed by atoms with Crippen LogP contribution in [0.4, 0.5) is 5.69 Å². The number of aryl methyl sites for hydroxylation is 1. The average Bonchev–Trinajstić information content (AvgIpc) is 2.90. The molecular weight excluding hydrogens is 262 g/mol. The molecule has 0 unspecified atom stereocenters. The van der Waals surface area contributed by atoms with Crippen LogP contribution in [0.3, 0.4) is 0 Å². The molecule has 0 aliphatic heterocycles. The normalized spacial score (nSPS) is 13.8. The molecule has 21 heavy (non-hydrogen) atoms. The number of carbonyl (C=O) groups excluding carboxylic acids is 1. The summed E-state index contributed by atoms with van der Waals surface area (Å²) in [7, 11) is 1.42. The Morgan fingerprint density at radius 3 is 2.43 bits per heavy atom. The zero-order chi connectivity index (χ0) is 14.8. The number of nitrogens with one attached hydrogen (secondary N) is 1. The van der Waals surface area contributed by atoms with Crippen LogP contribution in [0, 0.1) is 6.92 Å². The standard InChI is InChI=1S/C18H19NO2/c1-12-7-8-17(16(9-12)18(20)21-2)19-15-10-13-5-3-4-6-14(13)11-15/h3-9,15,19H,10-11H2,1-2H3. The quantitative estimate of drug-likeness (QED) is 0.877. The van der Waals surface area contributed by atoms with E-state index >= 15 is 0 Å². The Morgan fingerprint density at radius 1 is 1.14 bits per heavy atom. The van der Waals surface area contributed by atoms with Crippen molar-refractivity contribution in [1.29, 1.82) is 0 Å². The van der Waals surface area contributed by atoms with Gasteiger partial charge in [0.25, 0.3) is 0 Å². The summed E-state index contributed by atoms with van der Waals surface area (Å²) in [6, 6.07) is 14.7. The van der Waals surface area contributed by atoms with Crippen molar-refractivity contribution in [2.45, 2.75) is 25.8 Å². The topological polar surface area (TPSA) is 38.3 Å². The summed E-state index contributed by atoms with van der Waals surface area (Å²) in [6.45, 7) is 1.97. The average molecular weight is 281 g/mol. The van der Waals surface area contributed by atoms with Gasteiger partial charge in [-0.3, -0.25) is 0 Å². The van der Waals surface area contributed by atoms with Crippen LogP contribution in [-0.2, 0) is 17.6 Å². The Balaban J connectivity index is 1.82. The lowest BCUT2D eigenvalue weighted by atomic mass is 10.1. The van der Waals surface area contributed by atoms with Crippen LogP contribution < -0.4 is 5.32 Å². The molecule has 108 valence electrons. The number of fused-ring (bicyclic) bond motifs is 1.